The van der Waals surface area contributed by atoms with Crippen molar-refractivity contribution in [2.45, 2.75) is 45.1 Å². The molecule has 3 heteroatoms. The standard InChI is InChI=1S/C16H23NO2/c1-12-7-9-16(10-8-12,15(18)19-3)17-14-6-4-5-13(2)11-14/h4-6,11-12,17H,7-10H2,1-3H3. The van der Waals surface area contributed by atoms with Crippen LogP contribution in [0.2, 0.25) is 0 Å². The van der Waals surface area contributed by atoms with Crippen LogP contribution in [-0.4, -0.2) is 18.6 Å². The Kier molecular flexibility index (Phi) is 4.13. The molecule has 0 bridgehead atoms. The summed E-state index contributed by atoms with van der Waals surface area (Å²) in [6.07, 6.45) is 3.81. The second kappa shape index (κ2) is 5.64. The Balaban J connectivity index is 2.21. The highest BCUT2D eigenvalue weighted by Gasteiger charge is 2.42. The summed E-state index contributed by atoms with van der Waals surface area (Å²) in [6, 6.07) is 8.14. The topological polar surface area (TPSA) is 38.3 Å². The first kappa shape index (κ1) is 13.9. The zero-order valence-corrected chi connectivity index (χ0v) is 12.0. The van der Waals surface area contributed by atoms with E-state index in [9.17, 15) is 4.79 Å². The SMILES string of the molecule is COC(=O)C1(Nc2cccc(C)c2)CCC(C)CC1. The van der Waals surface area contributed by atoms with Gasteiger partial charge in [-0.05, 0) is 56.2 Å². The molecule has 3 nitrogen and oxygen atoms in total. The highest BCUT2D eigenvalue weighted by Crippen LogP contribution is 2.35. The van der Waals surface area contributed by atoms with Crippen LogP contribution in [0.5, 0.6) is 0 Å². The van der Waals surface area contributed by atoms with Gasteiger partial charge in [0, 0.05) is 5.69 Å². The van der Waals surface area contributed by atoms with E-state index in [-0.39, 0.29) is 5.97 Å². The molecule has 1 aromatic rings. The number of hydrogen-bond donors (Lipinski definition) is 1. The summed E-state index contributed by atoms with van der Waals surface area (Å²) in [7, 11) is 1.47. The van der Waals surface area contributed by atoms with Crippen molar-refractivity contribution >= 4 is 11.7 Å². The van der Waals surface area contributed by atoms with E-state index in [0.717, 1.165) is 31.4 Å². The molecule has 0 aliphatic heterocycles. The average molecular weight is 261 g/mol. The Morgan fingerprint density at radius 1 is 1.37 bits per heavy atom. The van der Waals surface area contributed by atoms with Crippen LogP contribution in [-0.2, 0) is 9.53 Å². The number of aryl methyl sites for hydroxylation is 1. The van der Waals surface area contributed by atoms with Crippen molar-refractivity contribution in [2.24, 2.45) is 5.92 Å². The molecule has 1 saturated carbocycles. The van der Waals surface area contributed by atoms with E-state index in [1.165, 1.54) is 12.7 Å². The molecule has 1 fully saturated rings. The second-order valence-electron chi connectivity index (χ2n) is 5.75. The molecule has 0 amide bonds. The largest absolute Gasteiger partial charge is 0.467 e. The fourth-order valence-electron chi connectivity index (χ4n) is 2.83. The smallest absolute Gasteiger partial charge is 0.331 e. The predicted octanol–water partition coefficient (Wildman–Crippen LogP) is 3.53. The van der Waals surface area contributed by atoms with Crippen LogP contribution in [0.15, 0.2) is 24.3 Å². The molecule has 0 saturated heterocycles. The molecule has 0 spiro atoms. The normalized spacial score (nSPS) is 26.8. The van der Waals surface area contributed by atoms with Gasteiger partial charge >= 0.3 is 5.97 Å². The zero-order chi connectivity index (χ0) is 13.9. The van der Waals surface area contributed by atoms with Gasteiger partial charge in [-0.3, -0.25) is 0 Å². The quantitative estimate of drug-likeness (QED) is 0.846. The number of hydrogen-bond acceptors (Lipinski definition) is 3. The lowest BCUT2D eigenvalue weighted by molar-refractivity contribution is -0.147. The minimum Gasteiger partial charge on any atom is -0.467 e. The van der Waals surface area contributed by atoms with Crippen LogP contribution in [0.1, 0.15) is 38.2 Å². The minimum atomic E-state index is -0.547. The molecule has 0 radical (unpaired) electrons. The number of nitrogens with one attached hydrogen (secondary N) is 1. The van der Waals surface area contributed by atoms with Crippen LogP contribution in [0.25, 0.3) is 0 Å². The molecule has 1 aromatic carbocycles. The highest BCUT2D eigenvalue weighted by atomic mass is 16.5. The maximum Gasteiger partial charge on any atom is 0.331 e. The maximum atomic E-state index is 12.2. The van der Waals surface area contributed by atoms with Crippen molar-refractivity contribution in [1.29, 1.82) is 0 Å². The fourth-order valence-corrected chi connectivity index (χ4v) is 2.83. The first-order valence-electron chi connectivity index (χ1n) is 6.99. The minimum absolute atomic E-state index is 0.138. The first-order chi connectivity index (χ1) is 9.05. The molecule has 1 aliphatic carbocycles. The number of carbonyl (C=O) groups is 1. The summed E-state index contributed by atoms with van der Waals surface area (Å²) in [6.45, 7) is 4.30. The first-order valence-corrected chi connectivity index (χ1v) is 6.99. The fraction of sp³-hybridized carbons (Fsp3) is 0.562. The Labute approximate surface area is 115 Å². The van der Waals surface area contributed by atoms with Gasteiger partial charge in [0.15, 0.2) is 0 Å². The van der Waals surface area contributed by atoms with Gasteiger partial charge in [-0.25, -0.2) is 4.79 Å². The third-order valence-corrected chi connectivity index (χ3v) is 4.11. The van der Waals surface area contributed by atoms with Crippen molar-refractivity contribution in [3.05, 3.63) is 29.8 Å². The van der Waals surface area contributed by atoms with E-state index in [2.05, 4.69) is 31.3 Å². The van der Waals surface area contributed by atoms with Crippen molar-refractivity contribution in [3.8, 4) is 0 Å². The lowest BCUT2D eigenvalue weighted by atomic mass is 9.77. The molecular formula is C16H23NO2. The third kappa shape index (κ3) is 3.09. The van der Waals surface area contributed by atoms with Crippen LogP contribution in [0.4, 0.5) is 5.69 Å². The van der Waals surface area contributed by atoms with Crippen molar-refractivity contribution in [1.82, 2.24) is 0 Å². The van der Waals surface area contributed by atoms with E-state index in [4.69, 9.17) is 4.74 Å². The molecule has 0 unspecified atom stereocenters. The van der Waals surface area contributed by atoms with Crippen LogP contribution >= 0.6 is 0 Å². The molecule has 1 N–H and O–H groups in total. The van der Waals surface area contributed by atoms with E-state index in [1.807, 2.05) is 12.1 Å². The lowest BCUT2D eigenvalue weighted by Crippen LogP contribution is -2.49. The van der Waals surface area contributed by atoms with Gasteiger partial charge in [0.25, 0.3) is 0 Å². The molecule has 0 heterocycles. The average Bonchev–Trinajstić information content (AvgIpc) is 2.41. The number of ether oxygens (including phenoxy) is 1. The van der Waals surface area contributed by atoms with E-state index >= 15 is 0 Å². The molecule has 2 rings (SSSR count). The predicted molar refractivity (Wildman–Crippen MR) is 77.2 cm³/mol. The second-order valence-corrected chi connectivity index (χ2v) is 5.75. The zero-order valence-electron chi connectivity index (χ0n) is 12.0. The molecule has 0 aromatic heterocycles. The van der Waals surface area contributed by atoms with Gasteiger partial charge in [-0.15, -0.1) is 0 Å². The Morgan fingerprint density at radius 2 is 2.05 bits per heavy atom. The van der Waals surface area contributed by atoms with Crippen LogP contribution in [0.3, 0.4) is 0 Å². The van der Waals surface area contributed by atoms with E-state index < -0.39 is 5.54 Å². The number of anilines is 1. The maximum absolute atomic E-state index is 12.2. The van der Waals surface area contributed by atoms with E-state index in [1.54, 1.807) is 0 Å². The summed E-state index contributed by atoms with van der Waals surface area (Å²) in [5.74, 6) is 0.554. The molecule has 104 valence electrons. The summed E-state index contributed by atoms with van der Waals surface area (Å²) in [5, 5.41) is 3.43. The monoisotopic (exact) mass is 261 g/mol. The number of carbonyl (C=O) groups excluding carboxylic acids is 1. The lowest BCUT2D eigenvalue weighted by Gasteiger charge is -2.38. The Morgan fingerprint density at radius 3 is 2.63 bits per heavy atom. The van der Waals surface area contributed by atoms with Gasteiger partial charge in [0.1, 0.15) is 5.54 Å². The van der Waals surface area contributed by atoms with Gasteiger partial charge in [0.05, 0.1) is 7.11 Å². The van der Waals surface area contributed by atoms with Gasteiger partial charge in [-0.2, -0.15) is 0 Å². The van der Waals surface area contributed by atoms with Gasteiger partial charge in [-0.1, -0.05) is 19.1 Å². The van der Waals surface area contributed by atoms with E-state index in [0.29, 0.717) is 5.92 Å². The van der Waals surface area contributed by atoms with Crippen molar-refractivity contribution in [3.63, 3.8) is 0 Å². The van der Waals surface area contributed by atoms with Gasteiger partial charge in [0.2, 0.25) is 0 Å². The summed E-state index contributed by atoms with van der Waals surface area (Å²) < 4.78 is 5.03. The number of esters is 1. The number of benzene rings is 1. The summed E-state index contributed by atoms with van der Waals surface area (Å²) in [4.78, 5) is 12.2. The van der Waals surface area contributed by atoms with Crippen molar-refractivity contribution < 1.29 is 9.53 Å². The third-order valence-electron chi connectivity index (χ3n) is 4.11. The van der Waals surface area contributed by atoms with Gasteiger partial charge < -0.3 is 10.1 Å². The molecule has 0 atom stereocenters. The number of methoxy groups -OCH3 is 1. The number of rotatable bonds is 3. The Bertz CT molecular complexity index is 448. The highest BCUT2D eigenvalue weighted by molar-refractivity contribution is 5.84. The van der Waals surface area contributed by atoms with Crippen LogP contribution in [0, 0.1) is 12.8 Å². The summed E-state index contributed by atoms with van der Waals surface area (Å²) >= 11 is 0. The van der Waals surface area contributed by atoms with Crippen molar-refractivity contribution in [2.75, 3.05) is 12.4 Å². The molecule has 19 heavy (non-hydrogen) atoms. The van der Waals surface area contributed by atoms with Crippen LogP contribution < -0.4 is 5.32 Å². The summed E-state index contributed by atoms with van der Waals surface area (Å²) in [5.41, 5.74) is 1.64. The molecule has 1 aliphatic rings. The molecular weight excluding hydrogens is 238 g/mol. The Hall–Kier alpha value is -1.51.